The third kappa shape index (κ3) is 9.49. The van der Waals surface area contributed by atoms with Crippen LogP contribution in [0.25, 0.3) is 22.3 Å². The fourth-order valence-corrected chi connectivity index (χ4v) is 13.5. The molecular weight excluding hydrogens is 1020 g/mol. The minimum atomic E-state index is -0.852. The number of piperidine rings is 3. The van der Waals surface area contributed by atoms with Crippen LogP contribution in [0.4, 0.5) is 0 Å². The quantitative estimate of drug-likeness (QED) is 0.178. The van der Waals surface area contributed by atoms with E-state index >= 15 is 0 Å². The van der Waals surface area contributed by atoms with E-state index in [4.69, 9.17) is 20.8 Å². The topological polar surface area (TPSA) is 194 Å². The molecule has 5 aromatic rings. The number of benzene rings is 5. The number of hydrogen-bond donors (Lipinski definition) is 1. The number of Topliss-reactive ketones (excluding diaryl/α,β-unsaturated/α-hetero) is 2. The number of halogens is 1. The Bertz CT molecular complexity index is 3330. The first-order valence-corrected chi connectivity index (χ1v) is 26.9. The third-order valence-electron chi connectivity index (χ3n) is 17.4. The van der Waals surface area contributed by atoms with Crippen LogP contribution >= 0.6 is 15.9 Å². The van der Waals surface area contributed by atoms with Gasteiger partial charge in [-0.15, -0.1) is 0 Å². The summed E-state index contributed by atoms with van der Waals surface area (Å²) in [5.41, 5.74) is 16.4. The summed E-state index contributed by atoms with van der Waals surface area (Å²) in [6.45, 7) is 9.26. The maximum atomic E-state index is 12.7. The standard InChI is InChI=1S/C24H25N5O2.C22H20N2O2.C15H16BrNO2/c1-16(30)29-10-8-23(9-11-29)15-24(27-22(26)28(2)31-24)21-13-19(6-7-20(21)23)18-5-3-4-17(12-18)14-25;1-15(25)24-9-7-22(8-10-24)13-21(26)19-12-18(5-6-20(19)22)17-4-2-3-16(11-17)14-23;1-10(18)17-6-4-15(5-7-17)9-14(19)12-8-11(16)2-3-13(12)15/h3-7,12-13H,8-11,15H2,1-2H3,(H2,26,27);2-6,11-12H,7-10,13H2,1H3;2-3,8H,4-7,9H2,1H3. The van der Waals surface area contributed by atoms with Crippen LogP contribution in [0.5, 0.6) is 0 Å². The Morgan fingerprint density at radius 2 is 0.987 bits per heavy atom. The van der Waals surface area contributed by atoms with Crippen LogP contribution in [0.2, 0.25) is 0 Å². The van der Waals surface area contributed by atoms with Crippen LogP contribution in [0.15, 0.2) is 113 Å². The number of nitriles is 2. The van der Waals surface area contributed by atoms with Gasteiger partial charge in [0.2, 0.25) is 29.4 Å². The first kappa shape index (κ1) is 52.0. The summed E-state index contributed by atoms with van der Waals surface area (Å²) < 4.78 is 0.956. The molecule has 0 saturated carbocycles. The highest BCUT2D eigenvalue weighted by Gasteiger charge is 2.57. The van der Waals surface area contributed by atoms with Gasteiger partial charge in [-0.3, -0.25) is 24.0 Å². The molecule has 0 aromatic heterocycles. The van der Waals surface area contributed by atoms with Gasteiger partial charge in [0.05, 0.1) is 23.3 Å². The van der Waals surface area contributed by atoms with Crippen molar-refractivity contribution in [1.82, 2.24) is 19.8 Å². The molecule has 3 amide bonds. The molecular formula is C61H61BrN8O6. The van der Waals surface area contributed by atoms with Crippen molar-refractivity contribution in [1.29, 1.82) is 10.5 Å². The Kier molecular flexibility index (Phi) is 13.9. The lowest BCUT2D eigenvalue weighted by atomic mass is 9.73. The Morgan fingerprint density at radius 1 is 0.566 bits per heavy atom. The molecule has 4 heterocycles. The van der Waals surface area contributed by atoms with E-state index in [1.807, 2.05) is 75.4 Å². The van der Waals surface area contributed by atoms with Crippen LogP contribution in [0.3, 0.4) is 0 Å². The second-order valence-corrected chi connectivity index (χ2v) is 22.6. The van der Waals surface area contributed by atoms with E-state index in [-0.39, 0.29) is 45.5 Å². The fraction of sp³-hybridized carbons (Fsp3) is 0.377. The molecule has 1 unspecified atom stereocenters. The lowest BCUT2D eigenvalue weighted by molar-refractivity contribution is -0.177. The van der Waals surface area contributed by atoms with E-state index in [9.17, 15) is 29.2 Å². The van der Waals surface area contributed by atoms with Crippen LogP contribution in [0.1, 0.15) is 133 Å². The zero-order valence-corrected chi connectivity index (χ0v) is 45.0. The number of fused-ring (bicyclic) bond motifs is 7. The van der Waals surface area contributed by atoms with Crippen molar-refractivity contribution < 1.29 is 28.8 Å². The summed E-state index contributed by atoms with van der Waals surface area (Å²) in [6.07, 6.45) is 7.05. The van der Waals surface area contributed by atoms with Crippen LogP contribution in [-0.4, -0.2) is 101 Å². The molecule has 1 atom stereocenters. The minimum Gasteiger partial charge on any atom is -0.368 e. The van der Waals surface area contributed by atoms with E-state index in [1.165, 1.54) is 16.2 Å². The minimum absolute atomic E-state index is 0.0287. The molecule has 3 fully saturated rings. The lowest BCUT2D eigenvalue weighted by Gasteiger charge is -2.40. The summed E-state index contributed by atoms with van der Waals surface area (Å²) in [4.78, 5) is 76.5. The predicted octanol–water partition coefficient (Wildman–Crippen LogP) is 9.46. The van der Waals surface area contributed by atoms with Crippen molar-refractivity contribution in [2.45, 2.75) is 101 Å². The van der Waals surface area contributed by atoms with Crippen molar-refractivity contribution in [3.8, 4) is 34.4 Å². The maximum absolute atomic E-state index is 12.7. The van der Waals surface area contributed by atoms with E-state index in [0.717, 1.165) is 114 Å². The largest absolute Gasteiger partial charge is 0.368 e. The van der Waals surface area contributed by atoms with Gasteiger partial charge in [0.15, 0.2) is 11.6 Å². The number of nitrogens with two attached hydrogens (primary N) is 1. The molecule has 15 heteroatoms. The van der Waals surface area contributed by atoms with E-state index in [1.54, 1.807) is 40.0 Å². The summed E-state index contributed by atoms with van der Waals surface area (Å²) in [7, 11) is 1.77. The average molecular weight is 1080 g/mol. The molecule has 14 nitrogen and oxygen atoms in total. The highest BCUT2D eigenvalue weighted by atomic mass is 79.9. The number of aliphatic imine (C=N–C) groups is 1. The van der Waals surface area contributed by atoms with Crippen LogP contribution in [-0.2, 0) is 41.2 Å². The first-order chi connectivity index (χ1) is 36.4. The molecule has 12 rings (SSSR count). The number of hydrogen-bond acceptors (Lipinski definition) is 11. The molecule has 4 aliphatic heterocycles. The van der Waals surface area contributed by atoms with Gasteiger partial charge in [-0.1, -0.05) is 70.5 Å². The van der Waals surface area contributed by atoms with E-state index in [2.05, 4.69) is 58.4 Å². The number of carbonyl (C=O) groups excluding carboxylic acids is 5. The van der Waals surface area contributed by atoms with E-state index in [0.29, 0.717) is 49.4 Å². The number of hydroxylamine groups is 2. The molecule has 76 heavy (non-hydrogen) atoms. The Morgan fingerprint density at radius 3 is 1.43 bits per heavy atom. The van der Waals surface area contributed by atoms with E-state index < -0.39 is 5.72 Å². The second-order valence-electron chi connectivity index (χ2n) is 21.7. The molecule has 4 spiro atoms. The van der Waals surface area contributed by atoms with Gasteiger partial charge >= 0.3 is 0 Å². The van der Waals surface area contributed by atoms with Gasteiger partial charge in [-0.25, -0.2) is 14.9 Å². The smallest absolute Gasteiger partial charge is 0.219 e. The predicted molar refractivity (Wildman–Crippen MR) is 291 cm³/mol. The van der Waals surface area contributed by atoms with Crippen molar-refractivity contribution in [2.24, 2.45) is 10.7 Å². The number of carbonyl (C=O) groups is 5. The summed E-state index contributed by atoms with van der Waals surface area (Å²) >= 11 is 3.43. The fourth-order valence-electron chi connectivity index (χ4n) is 13.1. The Labute approximate surface area is 452 Å². The van der Waals surface area contributed by atoms with Crippen molar-refractivity contribution in [3.63, 3.8) is 0 Å². The number of amides is 3. The first-order valence-electron chi connectivity index (χ1n) is 26.1. The van der Waals surface area contributed by atoms with Crippen LogP contribution < -0.4 is 5.73 Å². The number of guanidine groups is 1. The molecule has 5 aromatic carbocycles. The summed E-state index contributed by atoms with van der Waals surface area (Å²) in [5.74, 6) is 1.16. The van der Waals surface area contributed by atoms with Crippen molar-refractivity contribution in [3.05, 3.63) is 152 Å². The highest BCUT2D eigenvalue weighted by molar-refractivity contribution is 9.10. The zero-order chi connectivity index (χ0) is 53.7. The average Bonchev–Trinajstić information content (AvgIpc) is 4.08. The Hall–Kier alpha value is -7.46. The number of rotatable bonds is 2. The van der Waals surface area contributed by atoms with Crippen molar-refractivity contribution in [2.75, 3.05) is 46.3 Å². The third-order valence-corrected chi connectivity index (χ3v) is 17.9. The molecule has 388 valence electrons. The number of ketones is 2. The Balaban J connectivity index is 0.000000133. The molecule has 3 aliphatic carbocycles. The van der Waals surface area contributed by atoms with Gasteiger partial charge in [-0.2, -0.15) is 10.5 Å². The zero-order valence-electron chi connectivity index (χ0n) is 43.5. The molecule has 2 N–H and O–H groups in total. The van der Waals surface area contributed by atoms with Gasteiger partial charge in [0.25, 0.3) is 0 Å². The highest BCUT2D eigenvalue weighted by Crippen LogP contribution is 2.58. The molecule has 0 radical (unpaired) electrons. The monoisotopic (exact) mass is 1080 g/mol. The lowest BCUT2D eigenvalue weighted by Crippen LogP contribution is -2.44. The summed E-state index contributed by atoms with van der Waals surface area (Å²) in [6, 6.07) is 38.0. The number of nitrogens with zero attached hydrogens (tertiary/aromatic N) is 7. The maximum Gasteiger partial charge on any atom is 0.219 e. The molecule has 7 aliphatic rings. The van der Waals surface area contributed by atoms with Gasteiger partial charge < -0.3 is 20.4 Å². The SMILES string of the molecule is CC(=O)N1CCC2(CC1)CC(=O)c1cc(-c3cccc(C#N)c3)ccc12.CC(=O)N1CCC2(CC1)CC(=O)c1cc(Br)ccc12.CC(=O)N1CCC2(CC1)CC1(N=C(N)N(C)O1)c1cc(-c3cccc(C#N)c3)ccc12. The molecule has 0 bridgehead atoms. The number of likely N-dealkylation sites (tertiary alicyclic amines) is 3. The summed E-state index contributed by atoms with van der Waals surface area (Å²) in [5, 5.41) is 19.9. The van der Waals surface area contributed by atoms with Gasteiger partial charge in [0, 0.05) is 124 Å². The normalized spacial score (nSPS) is 21.0. The van der Waals surface area contributed by atoms with Crippen molar-refractivity contribution >= 4 is 51.2 Å². The molecule has 3 saturated heterocycles. The van der Waals surface area contributed by atoms with Gasteiger partial charge in [-0.05, 0) is 126 Å². The van der Waals surface area contributed by atoms with Gasteiger partial charge in [0.1, 0.15) is 0 Å². The van der Waals surface area contributed by atoms with Crippen LogP contribution in [0, 0.1) is 22.7 Å². The second kappa shape index (κ2) is 20.2.